The van der Waals surface area contributed by atoms with Gasteiger partial charge in [0.15, 0.2) is 0 Å². The van der Waals surface area contributed by atoms with E-state index in [9.17, 15) is 0 Å². The highest BCUT2D eigenvalue weighted by atomic mass is 13.8. The van der Waals surface area contributed by atoms with E-state index in [0.717, 1.165) is 25.7 Å². The number of hydrogen-bond donors (Lipinski definition) is 0. The lowest BCUT2D eigenvalue weighted by atomic mass is 10.2. The summed E-state index contributed by atoms with van der Waals surface area (Å²) in [5, 5.41) is 0. The Balaban J connectivity index is 2.45. The van der Waals surface area contributed by atoms with Crippen LogP contribution in [0, 0.1) is 0 Å². The third-order valence-electron chi connectivity index (χ3n) is 1.98. The highest BCUT2D eigenvalue weighted by Crippen LogP contribution is 1.97. The molecule has 0 saturated carbocycles. The van der Waals surface area contributed by atoms with Gasteiger partial charge in [-0.2, -0.15) is 0 Å². The van der Waals surface area contributed by atoms with Gasteiger partial charge in [0.1, 0.15) is 0 Å². The fourth-order valence-electron chi connectivity index (χ4n) is 1.21. The molecule has 1 aliphatic carbocycles. The van der Waals surface area contributed by atoms with Gasteiger partial charge in [-0.05, 0) is 25.7 Å². The molecule has 0 unspecified atom stereocenters. The minimum Gasteiger partial charge on any atom is -0.0879 e. The zero-order valence-corrected chi connectivity index (χ0v) is 8.60. The van der Waals surface area contributed by atoms with Crippen LogP contribution in [-0.2, 0) is 0 Å². The van der Waals surface area contributed by atoms with E-state index in [1.807, 2.05) is 0 Å². The molecule has 0 nitrogen and oxygen atoms in total. The van der Waals surface area contributed by atoms with Gasteiger partial charge in [-0.15, -0.1) is 0 Å². The summed E-state index contributed by atoms with van der Waals surface area (Å²) in [5.74, 6) is 0. The van der Waals surface area contributed by atoms with Crippen molar-refractivity contribution in [2.45, 2.75) is 25.7 Å². The molecule has 0 heteroatoms. The Morgan fingerprint density at radius 2 is 0.929 bits per heavy atom. The summed E-state index contributed by atoms with van der Waals surface area (Å²) in [6.07, 6.45) is 26.0. The van der Waals surface area contributed by atoms with Gasteiger partial charge >= 0.3 is 0 Å². The Kier molecular flexibility index (Phi) is 6.39. The minimum absolute atomic E-state index is 1.02. The molecule has 0 atom stereocenters. The van der Waals surface area contributed by atoms with E-state index in [4.69, 9.17) is 0 Å². The van der Waals surface area contributed by atoms with E-state index >= 15 is 0 Å². The molecule has 0 amide bonds. The Morgan fingerprint density at radius 1 is 0.429 bits per heavy atom. The van der Waals surface area contributed by atoms with Crippen LogP contribution in [-0.4, -0.2) is 0 Å². The molecule has 0 radical (unpaired) electrons. The van der Waals surface area contributed by atoms with Crippen molar-refractivity contribution in [3.8, 4) is 0 Å². The highest BCUT2D eigenvalue weighted by molar-refractivity contribution is 5.10. The van der Waals surface area contributed by atoms with Gasteiger partial charge in [-0.25, -0.2) is 0 Å². The average Bonchev–Trinajstić information content (AvgIpc) is 2.22. The Morgan fingerprint density at radius 3 is 1.64 bits per heavy atom. The first-order chi connectivity index (χ1) is 7.00. The second kappa shape index (κ2) is 8.31. The first kappa shape index (κ1) is 10.8. The molecule has 0 aromatic heterocycles. The molecule has 0 spiro atoms. The Hall–Kier alpha value is -1.30. The van der Waals surface area contributed by atoms with Crippen molar-refractivity contribution in [2.75, 3.05) is 0 Å². The fourth-order valence-corrected chi connectivity index (χ4v) is 1.21. The standard InChI is InChI=1S/C14H18/c1-2-4-6-8-10-12-14-13-11-9-7-5-3-1/h1-4,7-11,13H,5-6,12,14H2/b3-1?,4-2?,9-7+,10-8?,13-11?. The zero-order valence-electron chi connectivity index (χ0n) is 8.60. The molecule has 0 aliphatic heterocycles. The summed E-state index contributed by atoms with van der Waals surface area (Å²) in [7, 11) is 0. The molecule has 1 rings (SSSR count). The minimum atomic E-state index is 1.02. The average molecular weight is 186 g/mol. The van der Waals surface area contributed by atoms with Crippen LogP contribution in [0.25, 0.3) is 0 Å². The predicted molar refractivity (Wildman–Crippen MR) is 64.2 cm³/mol. The van der Waals surface area contributed by atoms with Crippen LogP contribution < -0.4 is 0 Å². The van der Waals surface area contributed by atoms with E-state index < -0.39 is 0 Å². The molecule has 0 aromatic rings. The largest absolute Gasteiger partial charge is 0.0879 e. The topological polar surface area (TPSA) is 0 Å². The molecule has 0 fully saturated rings. The van der Waals surface area contributed by atoms with Crippen molar-refractivity contribution < 1.29 is 0 Å². The molecule has 0 saturated heterocycles. The molecular formula is C14H18. The van der Waals surface area contributed by atoms with Crippen LogP contribution in [0.1, 0.15) is 25.7 Å². The molecule has 0 heterocycles. The van der Waals surface area contributed by atoms with Gasteiger partial charge in [-0.1, -0.05) is 60.8 Å². The second-order valence-electron chi connectivity index (χ2n) is 3.23. The molecule has 74 valence electrons. The van der Waals surface area contributed by atoms with Crippen molar-refractivity contribution in [2.24, 2.45) is 0 Å². The summed E-state index contributed by atoms with van der Waals surface area (Å²) < 4.78 is 0. The van der Waals surface area contributed by atoms with Gasteiger partial charge in [-0.3, -0.25) is 0 Å². The predicted octanol–water partition coefficient (Wildman–Crippen LogP) is 4.34. The lowest BCUT2D eigenvalue weighted by Crippen LogP contribution is -1.66. The van der Waals surface area contributed by atoms with Crippen molar-refractivity contribution in [3.05, 3.63) is 60.8 Å². The maximum Gasteiger partial charge on any atom is -0.0163 e. The summed E-state index contributed by atoms with van der Waals surface area (Å²) in [4.78, 5) is 0. The van der Waals surface area contributed by atoms with Crippen molar-refractivity contribution in [1.29, 1.82) is 0 Å². The fraction of sp³-hybridized carbons (Fsp3) is 0.286. The number of hydrogen-bond acceptors (Lipinski definition) is 0. The monoisotopic (exact) mass is 186 g/mol. The lowest BCUT2D eigenvalue weighted by Gasteiger charge is -1.87. The summed E-state index contributed by atoms with van der Waals surface area (Å²) >= 11 is 0. The van der Waals surface area contributed by atoms with Crippen molar-refractivity contribution in [3.63, 3.8) is 0 Å². The second-order valence-corrected chi connectivity index (χ2v) is 3.23. The normalized spacial score (nSPS) is 20.6. The van der Waals surface area contributed by atoms with Gasteiger partial charge < -0.3 is 0 Å². The van der Waals surface area contributed by atoms with Crippen molar-refractivity contribution in [1.82, 2.24) is 0 Å². The van der Waals surface area contributed by atoms with E-state index in [1.165, 1.54) is 0 Å². The first-order valence-electron chi connectivity index (χ1n) is 5.28. The van der Waals surface area contributed by atoms with E-state index in [2.05, 4.69) is 60.8 Å². The van der Waals surface area contributed by atoms with Crippen LogP contribution in [0.2, 0.25) is 0 Å². The lowest BCUT2D eigenvalue weighted by molar-refractivity contribution is 1.04. The Bertz CT molecular complexity index is 262. The van der Waals surface area contributed by atoms with Crippen LogP contribution in [0.4, 0.5) is 0 Å². The Labute approximate surface area is 87.0 Å². The van der Waals surface area contributed by atoms with Gasteiger partial charge in [0, 0.05) is 0 Å². The van der Waals surface area contributed by atoms with Crippen LogP contribution >= 0.6 is 0 Å². The van der Waals surface area contributed by atoms with Crippen molar-refractivity contribution >= 4 is 0 Å². The molecule has 0 aromatic carbocycles. The highest BCUT2D eigenvalue weighted by Gasteiger charge is 1.76. The number of rotatable bonds is 0. The smallest absolute Gasteiger partial charge is 0.0163 e. The summed E-state index contributed by atoms with van der Waals surface area (Å²) in [5.41, 5.74) is 0. The van der Waals surface area contributed by atoms with Gasteiger partial charge in [0.2, 0.25) is 0 Å². The molecule has 0 N–H and O–H groups in total. The number of allylic oxidation sites excluding steroid dienone is 10. The first-order valence-corrected chi connectivity index (χ1v) is 5.28. The van der Waals surface area contributed by atoms with Gasteiger partial charge in [0.25, 0.3) is 0 Å². The maximum absolute atomic E-state index is 2.24. The third kappa shape index (κ3) is 6.24. The molecule has 1 aliphatic rings. The van der Waals surface area contributed by atoms with E-state index in [0.29, 0.717) is 0 Å². The third-order valence-corrected chi connectivity index (χ3v) is 1.98. The van der Waals surface area contributed by atoms with E-state index in [-0.39, 0.29) is 0 Å². The zero-order chi connectivity index (χ0) is 9.90. The molecule has 14 heavy (non-hydrogen) atoms. The SMILES string of the molecule is C1=CCC=CCCC=C/C=C/CC=C1. The van der Waals surface area contributed by atoms with Gasteiger partial charge in [0.05, 0.1) is 0 Å². The van der Waals surface area contributed by atoms with Crippen LogP contribution in [0.15, 0.2) is 60.8 Å². The van der Waals surface area contributed by atoms with Crippen LogP contribution in [0.3, 0.4) is 0 Å². The van der Waals surface area contributed by atoms with Crippen LogP contribution in [0.5, 0.6) is 0 Å². The summed E-state index contributed by atoms with van der Waals surface area (Å²) in [6, 6.07) is 0. The maximum atomic E-state index is 2.24. The summed E-state index contributed by atoms with van der Waals surface area (Å²) in [6.45, 7) is 0. The molecule has 0 bridgehead atoms. The molecular weight excluding hydrogens is 168 g/mol. The van der Waals surface area contributed by atoms with E-state index in [1.54, 1.807) is 0 Å². The quantitative estimate of drug-likeness (QED) is 0.494.